The molecule has 3 aromatic rings. The summed E-state index contributed by atoms with van der Waals surface area (Å²) in [7, 11) is 0. The smallest absolute Gasteiger partial charge is 0.336 e. The zero-order chi connectivity index (χ0) is 19.8. The van der Waals surface area contributed by atoms with Crippen molar-refractivity contribution in [3.05, 3.63) is 71.7 Å². The summed E-state index contributed by atoms with van der Waals surface area (Å²) in [6.45, 7) is 2.70. The van der Waals surface area contributed by atoms with E-state index in [1.807, 2.05) is 42.0 Å². The minimum absolute atomic E-state index is 0.209. The van der Waals surface area contributed by atoms with Crippen LogP contribution in [0.25, 0.3) is 17.0 Å². The number of aryl methyl sites for hydroxylation is 1. The van der Waals surface area contributed by atoms with Gasteiger partial charge in [-0.05, 0) is 31.2 Å². The van der Waals surface area contributed by atoms with Crippen molar-refractivity contribution in [2.75, 3.05) is 4.90 Å². The maximum absolute atomic E-state index is 14.1. The van der Waals surface area contributed by atoms with E-state index in [-0.39, 0.29) is 11.3 Å². The van der Waals surface area contributed by atoms with E-state index in [2.05, 4.69) is 5.32 Å². The van der Waals surface area contributed by atoms with Crippen LogP contribution in [0.1, 0.15) is 12.5 Å². The predicted octanol–water partition coefficient (Wildman–Crippen LogP) is 3.47. The van der Waals surface area contributed by atoms with Crippen molar-refractivity contribution >= 4 is 40.5 Å². The van der Waals surface area contributed by atoms with Gasteiger partial charge in [-0.25, -0.2) is 14.1 Å². The number of fused-ring (bicyclic) bond motifs is 1. The molecule has 0 bridgehead atoms. The second-order valence-electron chi connectivity index (χ2n) is 6.30. The van der Waals surface area contributed by atoms with E-state index >= 15 is 0 Å². The molecule has 1 fully saturated rings. The molecule has 0 aliphatic carbocycles. The van der Waals surface area contributed by atoms with Crippen LogP contribution in [0.5, 0.6) is 0 Å². The van der Waals surface area contributed by atoms with Gasteiger partial charge in [0.25, 0.3) is 11.8 Å². The van der Waals surface area contributed by atoms with Crippen LogP contribution in [-0.4, -0.2) is 22.4 Å². The molecule has 1 N–H and O–H groups in total. The van der Waals surface area contributed by atoms with Crippen molar-refractivity contribution in [3.63, 3.8) is 0 Å². The number of halogens is 1. The summed E-state index contributed by atoms with van der Waals surface area (Å²) in [6.07, 6.45) is 3.27. The second-order valence-corrected chi connectivity index (χ2v) is 6.30. The first kappa shape index (κ1) is 17.7. The Bertz CT molecular complexity index is 1160. The average molecular weight is 377 g/mol. The number of aromatic nitrogens is 1. The predicted molar refractivity (Wildman–Crippen MR) is 103 cm³/mol. The van der Waals surface area contributed by atoms with Crippen LogP contribution in [0.3, 0.4) is 0 Å². The van der Waals surface area contributed by atoms with E-state index in [9.17, 15) is 18.8 Å². The summed E-state index contributed by atoms with van der Waals surface area (Å²) in [6, 6.07) is 12.0. The summed E-state index contributed by atoms with van der Waals surface area (Å²) in [4.78, 5) is 38.1. The zero-order valence-corrected chi connectivity index (χ0v) is 15.0. The number of nitrogens with zero attached hydrogens (tertiary/aromatic N) is 2. The fourth-order valence-electron chi connectivity index (χ4n) is 3.32. The van der Waals surface area contributed by atoms with E-state index in [0.29, 0.717) is 17.0 Å². The number of carbonyl (C=O) groups is 3. The van der Waals surface area contributed by atoms with Gasteiger partial charge >= 0.3 is 6.03 Å². The molecule has 1 aliphatic heterocycles. The highest BCUT2D eigenvalue weighted by Crippen LogP contribution is 2.27. The Hall–Kier alpha value is -3.74. The number of para-hydroxylation sites is 2. The largest absolute Gasteiger partial charge is 0.347 e. The number of hydrogen-bond acceptors (Lipinski definition) is 3. The summed E-state index contributed by atoms with van der Waals surface area (Å²) in [5.74, 6) is -2.41. The molecule has 1 aromatic heterocycles. The van der Waals surface area contributed by atoms with Crippen LogP contribution in [0.2, 0.25) is 0 Å². The third kappa shape index (κ3) is 2.77. The fraction of sp³-hybridized carbons (Fsp3) is 0.0952. The van der Waals surface area contributed by atoms with Gasteiger partial charge in [-0.3, -0.25) is 14.9 Å². The quantitative estimate of drug-likeness (QED) is 0.561. The third-order valence-electron chi connectivity index (χ3n) is 4.65. The Kier molecular flexibility index (Phi) is 4.27. The van der Waals surface area contributed by atoms with Gasteiger partial charge in [-0.15, -0.1) is 0 Å². The molecule has 4 rings (SSSR count). The molecule has 28 heavy (non-hydrogen) atoms. The minimum atomic E-state index is -0.978. The van der Waals surface area contributed by atoms with Gasteiger partial charge in [0.1, 0.15) is 11.4 Å². The number of nitrogens with one attached hydrogen (secondary N) is 1. The van der Waals surface area contributed by atoms with Crippen molar-refractivity contribution in [1.29, 1.82) is 0 Å². The summed E-state index contributed by atoms with van der Waals surface area (Å²) in [5, 5.41) is 2.98. The molecule has 2 aromatic carbocycles. The van der Waals surface area contributed by atoms with E-state index in [4.69, 9.17) is 0 Å². The molecule has 0 saturated carbocycles. The first-order valence-electron chi connectivity index (χ1n) is 8.75. The van der Waals surface area contributed by atoms with Gasteiger partial charge in [-0.1, -0.05) is 30.3 Å². The highest BCUT2D eigenvalue weighted by molar-refractivity contribution is 6.39. The number of rotatable bonds is 3. The number of hydrogen-bond donors (Lipinski definition) is 1. The van der Waals surface area contributed by atoms with E-state index < -0.39 is 23.7 Å². The van der Waals surface area contributed by atoms with Gasteiger partial charge in [0.05, 0.1) is 5.69 Å². The lowest BCUT2D eigenvalue weighted by Crippen LogP contribution is -2.54. The standard InChI is InChI=1S/C21H16FN3O3/c1-2-24-12-13(14-7-3-5-9-17(14)24)11-15-19(26)23-21(28)25(20(15)27)18-10-6-4-8-16(18)22/h3-12H,2H2,1H3,(H,23,26,28). The number of barbiturate groups is 1. The Morgan fingerprint density at radius 3 is 2.50 bits per heavy atom. The van der Waals surface area contributed by atoms with Crippen molar-refractivity contribution in [2.45, 2.75) is 13.5 Å². The number of carbonyl (C=O) groups excluding carboxylic acids is 3. The summed E-state index contributed by atoms with van der Waals surface area (Å²) in [5.41, 5.74) is 1.18. The van der Waals surface area contributed by atoms with E-state index in [1.165, 1.54) is 24.3 Å². The topological polar surface area (TPSA) is 71.4 Å². The number of amides is 4. The molecule has 0 radical (unpaired) electrons. The van der Waals surface area contributed by atoms with E-state index in [1.54, 1.807) is 0 Å². The molecule has 2 heterocycles. The zero-order valence-electron chi connectivity index (χ0n) is 15.0. The van der Waals surface area contributed by atoms with Crippen LogP contribution in [0.4, 0.5) is 14.9 Å². The molecule has 0 unspecified atom stereocenters. The van der Waals surface area contributed by atoms with Crippen LogP contribution < -0.4 is 10.2 Å². The Labute approximate surface area is 159 Å². The fourth-order valence-corrected chi connectivity index (χ4v) is 3.32. The van der Waals surface area contributed by atoms with Crippen LogP contribution in [-0.2, 0) is 16.1 Å². The molecule has 7 heteroatoms. The molecule has 1 aliphatic rings. The van der Waals surface area contributed by atoms with Crippen LogP contribution in [0.15, 0.2) is 60.3 Å². The molecule has 4 amide bonds. The van der Waals surface area contributed by atoms with Gasteiger partial charge in [0.2, 0.25) is 0 Å². The average Bonchev–Trinajstić information content (AvgIpc) is 3.04. The Morgan fingerprint density at radius 1 is 1.04 bits per heavy atom. The summed E-state index contributed by atoms with van der Waals surface area (Å²) < 4.78 is 16.1. The number of benzene rings is 2. The first-order valence-corrected chi connectivity index (χ1v) is 8.75. The number of urea groups is 1. The normalized spacial score (nSPS) is 16.1. The number of imide groups is 2. The minimum Gasteiger partial charge on any atom is -0.347 e. The maximum atomic E-state index is 14.1. The Morgan fingerprint density at radius 2 is 1.75 bits per heavy atom. The van der Waals surface area contributed by atoms with Gasteiger partial charge in [-0.2, -0.15) is 0 Å². The lowest BCUT2D eigenvalue weighted by atomic mass is 10.1. The second kappa shape index (κ2) is 6.77. The molecule has 0 spiro atoms. The lowest BCUT2D eigenvalue weighted by Gasteiger charge is -2.26. The third-order valence-corrected chi connectivity index (χ3v) is 4.65. The molecular weight excluding hydrogens is 361 g/mol. The monoisotopic (exact) mass is 377 g/mol. The van der Waals surface area contributed by atoms with Crippen molar-refractivity contribution in [2.24, 2.45) is 0 Å². The first-order chi connectivity index (χ1) is 13.5. The summed E-state index contributed by atoms with van der Waals surface area (Å²) >= 11 is 0. The molecule has 0 atom stereocenters. The highest BCUT2D eigenvalue weighted by atomic mass is 19.1. The van der Waals surface area contributed by atoms with Gasteiger partial charge < -0.3 is 4.57 Å². The molecule has 1 saturated heterocycles. The molecule has 6 nitrogen and oxygen atoms in total. The molecular formula is C21H16FN3O3. The molecule has 140 valence electrons. The van der Waals surface area contributed by atoms with Gasteiger partial charge in [0, 0.05) is 29.2 Å². The van der Waals surface area contributed by atoms with Crippen LogP contribution in [0, 0.1) is 5.82 Å². The number of anilines is 1. The van der Waals surface area contributed by atoms with E-state index in [0.717, 1.165) is 17.0 Å². The lowest BCUT2D eigenvalue weighted by molar-refractivity contribution is -0.122. The maximum Gasteiger partial charge on any atom is 0.336 e. The van der Waals surface area contributed by atoms with Crippen molar-refractivity contribution in [1.82, 2.24) is 9.88 Å². The van der Waals surface area contributed by atoms with Gasteiger partial charge in [0.15, 0.2) is 0 Å². The Balaban J connectivity index is 1.83. The highest BCUT2D eigenvalue weighted by Gasteiger charge is 2.38. The van der Waals surface area contributed by atoms with Crippen molar-refractivity contribution in [3.8, 4) is 0 Å². The SMILES string of the molecule is CCn1cc(C=C2C(=O)NC(=O)N(c3ccccc3F)C2=O)c2ccccc21. The van der Waals surface area contributed by atoms with Crippen LogP contribution >= 0.6 is 0 Å². The van der Waals surface area contributed by atoms with Crippen molar-refractivity contribution < 1.29 is 18.8 Å².